The van der Waals surface area contributed by atoms with Gasteiger partial charge in [-0.25, -0.2) is 4.98 Å². The van der Waals surface area contributed by atoms with Crippen molar-refractivity contribution < 1.29 is 5.11 Å². The summed E-state index contributed by atoms with van der Waals surface area (Å²) in [5, 5.41) is 15.5. The zero-order chi connectivity index (χ0) is 14.8. The van der Waals surface area contributed by atoms with Crippen LogP contribution in [0.15, 0.2) is 30.5 Å². The van der Waals surface area contributed by atoms with E-state index in [0.29, 0.717) is 23.6 Å². The van der Waals surface area contributed by atoms with E-state index in [2.05, 4.69) is 24.1 Å². The molecule has 3 rings (SSSR count). The number of hydrogen-bond donors (Lipinski definition) is 2. The van der Waals surface area contributed by atoms with Crippen molar-refractivity contribution in [3.05, 3.63) is 30.5 Å². The Labute approximate surface area is 126 Å². The molecule has 1 aromatic heterocycles. The van der Waals surface area contributed by atoms with E-state index in [1.807, 2.05) is 18.3 Å². The number of pyridine rings is 1. The lowest BCUT2D eigenvalue weighted by Crippen LogP contribution is -2.35. The van der Waals surface area contributed by atoms with Crippen molar-refractivity contribution in [1.82, 2.24) is 4.98 Å². The summed E-state index contributed by atoms with van der Waals surface area (Å²) >= 11 is 0. The molecule has 1 heterocycles. The smallest absolute Gasteiger partial charge is 0.134 e. The minimum atomic E-state index is 0.294. The van der Waals surface area contributed by atoms with Crippen molar-refractivity contribution in [1.29, 1.82) is 0 Å². The van der Waals surface area contributed by atoms with Gasteiger partial charge in [0.25, 0.3) is 0 Å². The van der Waals surface area contributed by atoms with Crippen LogP contribution in [0.1, 0.15) is 39.5 Å². The highest BCUT2D eigenvalue weighted by Gasteiger charge is 2.27. The number of aromatic hydroxyl groups is 1. The van der Waals surface area contributed by atoms with Crippen LogP contribution in [0.2, 0.25) is 0 Å². The van der Waals surface area contributed by atoms with Crippen molar-refractivity contribution in [3.8, 4) is 5.75 Å². The fourth-order valence-corrected chi connectivity index (χ4v) is 3.58. The molecule has 3 nitrogen and oxygen atoms in total. The van der Waals surface area contributed by atoms with E-state index < -0.39 is 0 Å². The van der Waals surface area contributed by atoms with E-state index in [1.54, 1.807) is 12.1 Å². The summed E-state index contributed by atoms with van der Waals surface area (Å²) < 4.78 is 0. The molecule has 0 aliphatic heterocycles. The van der Waals surface area contributed by atoms with Crippen LogP contribution in [0.3, 0.4) is 0 Å². The number of nitrogens with zero attached hydrogens (tertiary/aromatic N) is 1. The molecular weight excluding hydrogens is 260 g/mol. The average molecular weight is 284 g/mol. The summed E-state index contributed by atoms with van der Waals surface area (Å²) in [5.74, 6) is 2.59. The van der Waals surface area contributed by atoms with Crippen LogP contribution in [0, 0.1) is 11.8 Å². The predicted molar refractivity (Wildman–Crippen MR) is 87.6 cm³/mol. The van der Waals surface area contributed by atoms with E-state index in [1.165, 1.54) is 25.7 Å². The van der Waals surface area contributed by atoms with Crippen molar-refractivity contribution in [2.24, 2.45) is 11.8 Å². The number of phenols is 1. The number of hydrogen-bond acceptors (Lipinski definition) is 3. The van der Waals surface area contributed by atoms with Gasteiger partial charge in [-0.15, -0.1) is 0 Å². The summed E-state index contributed by atoms with van der Waals surface area (Å²) in [7, 11) is 0. The van der Waals surface area contributed by atoms with Crippen LogP contribution >= 0.6 is 0 Å². The Morgan fingerprint density at radius 2 is 2.00 bits per heavy atom. The van der Waals surface area contributed by atoms with Crippen LogP contribution in [-0.4, -0.2) is 16.1 Å². The maximum atomic E-state index is 9.75. The highest BCUT2D eigenvalue weighted by Crippen LogP contribution is 2.34. The fraction of sp³-hybridized carbons (Fsp3) is 0.500. The molecule has 0 spiro atoms. The van der Waals surface area contributed by atoms with Crippen LogP contribution < -0.4 is 5.32 Å². The van der Waals surface area contributed by atoms with Gasteiger partial charge in [0, 0.05) is 17.6 Å². The number of benzene rings is 1. The summed E-state index contributed by atoms with van der Waals surface area (Å²) in [6, 6.07) is 7.94. The molecule has 0 radical (unpaired) electrons. The van der Waals surface area contributed by atoms with Crippen LogP contribution in [0.5, 0.6) is 5.75 Å². The number of nitrogens with one attached hydrogen (secondary N) is 1. The Balaban J connectivity index is 1.91. The highest BCUT2D eigenvalue weighted by atomic mass is 16.3. The molecule has 1 fully saturated rings. The van der Waals surface area contributed by atoms with E-state index in [4.69, 9.17) is 0 Å². The molecule has 2 atom stereocenters. The van der Waals surface area contributed by atoms with E-state index >= 15 is 0 Å². The molecule has 1 aromatic carbocycles. The minimum Gasteiger partial charge on any atom is -0.508 e. The lowest BCUT2D eigenvalue weighted by atomic mass is 9.78. The number of rotatable bonds is 3. The summed E-state index contributed by atoms with van der Waals surface area (Å²) in [4.78, 5) is 4.51. The zero-order valence-corrected chi connectivity index (χ0v) is 12.8. The van der Waals surface area contributed by atoms with Crippen LogP contribution in [0.4, 0.5) is 5.82 Å². The van der Waals surface area contributed by atoms with Gasteiger partial charge in [0.1, 0.15) is 11.6 Å². The topological polar surface area (TPSA) is 45.2 Å². The van der Waals surface area contributed by atoms with Gasteiger partial charge in [-0.1, -0.05) is 32.8 Å². The van der Waals surface area contributed by atoms with Gasteiger partial charge < -0.3 is 10.4 Å². The second-order valence-corrected chi connectivity index (χ2v) is 6.51. The Morgan fingerprint density at radius 1 is 1.19 bits per heavy atom. The first-order valence-corrected chi connectivity index (χ1v) is 7.99. The van der Waals surface area contributed by atoms with Gasteiger partial charge in [0.15, 0.2) is 0 Å². The molecule has 0 saturated heterocycles. The molecular formula is C18H24N2O. The molecule has 1 saturated carbocycles. The first-order chi connectivity index (χ1) is 10.1. The third kappa shape index (κ3) is 2.97. The zero-order valence-electron chi connectivity index (χ0n) is 12.8. The molecule has 0 bridgehead atoms. The molecule has 3 heteroatoms. The molecule has 2 N–H and O–H groups in total. The van der Waals surface area contributed by atoms with E-state index in [-0.39, 0.29) is 0 Å². The minimum absolute atomic E-state index is 0.294. The lowest BCUT2D eigenvalue weighted by Gasteiger charge is -2.35. The average Bonchev–Trinajstić information content (AvgIpc) is 2.48. The van der Waals surface area contributed by atoms with Gasteiger partial charge in [0.2, 0.25) is 0 Å². The third-order valence-electron chi connectivity index (χ3n) is 4.75. The summed E-state index contributed by atoms with van der Waals surface area (Å²) in [6.07, 6.45) is 6.97. The summed E-state index contributed by atoms with van der Waals surface area (Å²) in [6.45, 7) is 4.63. The first-order valence-electron chi connectivity index (χ1n) is 7.99. The monoisotopic (exact) mass is 284 g/mol. The number of aromatic nitrogens is 1. The SMILES string of the molecule is CC(C)C1CCCCC1Nc1nccc2ccc(O)cc12. The van der Waals surface area contributed by atoms with Crippen molar-refractivity contribution in [3.63, 3.8) is 0 Å². The van der Waals surface area contributed by atoms with Gasteiger partial charge in [0.05, 0.1) is 0 Å². The van der Waals surface area contributed by atoms with Crippen LogP contribution in [0.25, 0.3) is 10.8 Å². The maximum absolute atomic E-state index is 9.75. The Morgan fingerprint density at radius 3 is 2.81 bits per heavy atom. The maximum Gasteiger partial charge on any atom is 0.134 e. The van der Waals surface area contributed by atoms with Crippen molar-refractivity contribution in [2.45, 2.75) is 45.6 Å². The Hall–Kier alpha value is -1.77. The van der Waals surface area contributed by atoms with Gasteiger partial charge >= 0.3 is 0 Å². The van der Waals surface area contributed by atoms with Crippen LogP contribution in [-0.2, 0) is 0 Å². The normalized spacial score (nSPS) is 22.6. The van der Waals surface area contributed by atoms with Gasteiger partial charge in [-0.2, -0.15) is 0 Å². The number of anilines is 1. The molecule has 1 aliphatic carbocycles. The van der Waals surface area contributed by atoms with Gasteiger partial charge in [-0.05, 0) is 48.3 Å². The molecule has 2 aromatic rings. The third-order valence-corrected chi connectivity index (χ3v) is 4.75. The lowest BCUT2D eigenvalue weighted by molar-refractivity contribution is 0.253. The summed E-state index contributed by atoms with van der Waals surface area (Å²) in [5.41, 5.74) is 0. The molecule has 112 valence electrons. The highest BCUT2D eigenvalue weighted by molar-refractivity contribution is 5.92. The second-order valence-electron chi connectivity index (χ2n) is 6.51. The van der Waals surface area contributed by atoms with E-state index in [9.17, 15) is 5.11 Å². The van der Waals surface area contributed by atoms with Crippen molar-refractivity contribution >= 4 is 16.6 Å². The molecule has 2 unspecified atom stereocenters. The first kappa shape index (κ1) is 14.2. The second kappa shape index (κ2) is 5.92. The van der Waals surface area contributed by atoms with E-state index in [0.717, 1.165) is 16.6 Å². The molecule has 21 heavy (non-hydrogen) atoms. The van der Waals surface area contributed by atoms with Gasteiger partial charge in [-0.3, -0.25) is 0 Å². The van der Waals surface area contributed by atoms with Crippen molar-refractivity contribution in [2.75, 3.05) is 5.32 Å². The standard InChI is InChI=1S/C18H24N2O/c1-12(2)15-5-3-4-6-17(15)20-18-16-11-14(21)8-7-13(16)9-10-19-18/h7-12,15,17,21H,3-6H2,1-2H3,(H,19,20). The fourth-order valence-electron chi connectivity index (χ4n) is 3.58. The Bertz CT molecular complexity index is 624. The number of phenolic OH excluding ortho intramolecular Hbond substituents is 1. The largest absolute Gasteiger partial charge is 0.508 e. The Kier molecular flexibility index (Phi) is 4.00. The number of fused-ring (bicyclic) bond motifs is 1. The predicted octanol–water partition coefficient (Wildman–Crippen LogP) is 4.57. The molecule has 1 aliphatic rings. The molecule has 0 amide bonds. The quantitative estimate of drug-likeness (QED) is 0.868.